The highest BCUT2D eigenvalue weighted by Crippen LogP contribution is 2.40. The highest BCUT2D eigenvalue weighted by molar-refractivity contribution is 5.93. The summed E-state index contributed by atoms with van der Waals surface area (Å²) < 4.78 is 0. The van der Waals surface area contributed by atoms with Crippen LogP contribution >= 0.6 is 0 Å². The summed E-state index contributed by atoms with van der Waals surface area (Å²) in [5.41, 5.74) is 1.55. The van der Waals surface area contributed by atoms with Gasteiger partial charge in [0.25, 0.3) is 0 Å². The number of aryl methyl sites for hydroxylation is 1. The molecule has 2 amide bonds. The number of carbonyl (C=O) groups excluding carboxylic acids is 2. The zero-order valence-corrected chi connectivity index (χ0v) is 14.5. The van der Waals surface area contributed by atoms with Crippen molar-refractivity contribution in [3.8, 4) is 0 Å². The maximum atomic E-state index is 13.0. The molecule has 0 bridgehead atoms. The average Bonchev–Trinajstić information content (AvgIpc) is 2.93. The van der Waals surface area contributed by atoms with E-state index in [1.807, 2.05) is 44.1 Å². The molecule has 0 aromatic heterocycles. The summed E-state index contributed by atoms with van der Waals surface area (Å²) in [5.74, 6) is -0.244. The molecule has 1 aromatic rings. The van der Waals surface area contributed by atoms with Crippen LogP contribution in [0.25, 0.3) is 0 Å². The van der Waals surface area contributed by atoms with Gasteiger partial charge in [-0.15, -0.1) is 0 Å². The summed E-state index contributed by atoms with van der Waals surface area (Å²) in [6.07, 6.45) is 2.48. The van der Waals surface area contributed by atoms with E-state index in [1.54, 1.807) is 6.92 Å². The second-order valence-corrected chi connectivity index (χ2v) is 6.40. The molecule has 1 aromatic carbocycles. The molecule has 0 aliphatic heterocycles. The van der Waals surface area contributed by atoms with Crippen LogP contribution in [0, 0.1) is 0 Å². The number of hydrogen-bond acceptors (Lipinski definition) is 3. The summed E-state index contributed by atoms with van der Waals surface area (Å²) in [5, 5.41) is 5.72. The van der Waals surface area contributed by atoms with Gasteiger partial charge in [0.1, 0.15) is 11.6 Å². The second-order valence-electron chi connectivity index (χ2n) is 6.40. The number of carbonyl (C=O) groups is 2. The van der Waals surface area contributed by atoms with E-state index in [9.17, 15) is 9.59 Å². The SMILES string of the molecule is CCCNC(=O)C(C)NC(=O)C1(N(C)C)CCc2ccccc21. The summed E-state index contributed by atoms with van der Waals surface area (Å²) in [7, 11) is 3.84. The van der Waals surface area contributed by atoms with Crippen molar-refractivity contribution in [2.75, 3.05) is 20.6 Å². The van der Waals surface area contributed by atoms with Crippen molar-refractivity contribution >= 4 is 11.8 Å². The lowest BCUT2D eigenvalue weighted by Gasteiger charge is -2.36. The predicted molar refractivity (Wildman–Crippen MR) is 91.0 cm³/mol. The fourth-order valence-electron chi connectivity index (χ4n) is 3.28. The zero-order valence-electron chi connectivity index (χ0n) is 14.5. The van der Waals surface area contributed by atoms with E-state index in [4.69, 9.17) is 0 Å². The van der Waals surface area contributed by atoms with Crippen LogP contribution in [0.5, 0.6) is 0 Å². The molecule has 0 saturated carbocycles. The van der Waals surface area contributed by atoms with Gasteiger partial charge >= 0.3 is 0 Å². The average molecular weight is 317 g/mol. The van der Waals surface area contributed by atoms with E-state index < -0.39 is 11.6 Å². The summed E-state index contributed by atoms with van der Waals surface area (Å²) in [6.45, 7) is 4.35. The monoisotopic (exact) mass is 317 g/mol. The van der Waals surface area contributed by atoms with Crippen molar-refractivity contribution in [2.24, 2.45) is 0 Å². The third-order valence-corrected chi connectivity index (χ3v) is 4.65. The summed E-state index contributed by atoms with van der Waals surface area (Å²) in [6, 6.07) is 7.52. The minimum Gasteiger partial charge on any atom is -0.354 e. The van der Waals surface area contributed by atoms with E-state index in [0.717, 1.165) is 24.8 Å². The van der Waals surface area contributed by atoms with Crippen molar-refractivity contribution in [2.45, 2.75) is 44.7 Å². The van der Waals surface area contributed by atoms with Gasteiger partial charge in [-0.1, -0.05) is 31.2 Å². The van der Waals surface area contributed by atoms with Gasteiger partial charge < -0.3 is 10.6 Å². The predicted octanol–water partition coefficient (Wildman–Crippen LogP) is 1.42. The van der Waals surface area contributed by atoms with Gasteiger partial charge in [0.2, 0.25) is 11.8 Å². The van der Waals surface area contributed by atoms with Gasteiger partial charge in [-0.2, -0.15) is 0 Å². The lowest BCUT2D eigenvalue weighted by Crippen LogP contribution is -2.56. The van der Waals surface area contributed by atoms with Gasteiger partial charge in [-0.05, 0) is 51.4 Å². The van der Waals surface area contributed by atoms with E-state index in [-0.39, 0.29) is 11.8 Å². The number of nitrogens with zero attached hydrogens (tertiary/aromatic N) is 1. The first-order valence-electron chi connectivity index (χ1n) is 8.28. The molecule has 2 atom stereocenters. The Hall–Kier alpha value is -1.88. The molecule has 0 spiro atoms. The van der Waals surface area contributed by atoms with Crippen molar-refractivity contribution in [1.29, 1.82) is 0 Å². The zero-order chi connectivity index (χ0) is 17.0. The lowest BCUT2D eigenvalue weighted by molar-refractivity contribution is -0.136. The molecule has 1 aliphatic rings. The first-order chi connectivity index (χ1) is 10.9. The largest absolute Gasteiger partial charge is 0.354 e. The van der Waals surface area contributed by atoms with Crippen LogP contribution in [-0.2, 0) is 21.5 Å². The number of nitrogens with one attached hydrogen (secondary N) is 2. The fraction of sp³-hybridized carbons (Fsp3) is 0.556. The van der Waals surface area contributed by atoms with Crippen LogP contribution in [0.15, 0.2) is 24.3 Å². The molecule has 0 fully saturated rings. The lowest BCUT2D eigenvalue weighted by atomic mass is 9.89. The minimum atomic E-state index is -0.699. The van der Waals surface area contributed by atoms with Crippen molar-refractivity contribution < 1.29 is 9.59 Å². The van der Waals surface area contributed by atoms with E-state index in [2.05, 4.69) is 16.7 Å². The van der Waals surface area contributed by atoms with E-state index in [0.29, 0.717) is 6.54 Å². The highest BCUT2D eigenvalue weighted by atomic mass is 16.2. The third-order valence-electron chi connectivity index (χ3n) is 4.65. The van der Waals surface area contributed by atoms with E-state index in [1.165, 1.54) is 5.56 Å². The normalized spacial score (nSPS) is 20.9. The third kappa shape index (κ3) is 3.24. The smallest absolute Gasteiger partial charge is 0.245 e. The highest BCUT2D eigenvalue weighted by Gasteiger charge is 2.47. The Balaban J connectivity index is 2.20. The Morgan fingerprint density at radius 2 is 2.00 bits per heavy atom. The molecule has 2 rings (SSSR count). The number of rotatable bonds is 6. The Bertz CT molecular complexity index is 585. The quantitative estimate of drug-likeness (QED) is 0.834. The van der Waals surface area contributed by atoms with E-state index >= 15 is 0 Å². The molecular formula is C18H27N3O2. The molecule has 1 aliphatic carbocycles. The van der Waals surface area contributed by atoms with Gasteiger partial charge in [-0.3, -0.25) is 14.5 Å². The van der Waals surface area contributed by atoms with Crippen LogP contribution in [0.3, 0.4) is 0 Å². The Morgan fingerprint density at radius 1 is 1.30 bits per heavy atom. The molecule has 2 N–H and O–H groups in total. The summed E-state index contributed by atoms with van der Waals surface area (Å²) >= 11 is 0. The standard InChI is InChI=1S/C18H27N3O2/c1-5-12-19-16(22)13(2)20-17(23)18(21(3)4)11-10-14-8-6-7-9-15(14)18/h6-9,13H,5,10-12H2,1-4H3,(H,19,22)(H,20,23). The molecule has 5 heteroatoms. The van der Waals surface area contributed by atoms with Crippen LogP contribution in [-0.4, -0.2) is 43.4 Å². The number of benzene rings is 1. The number of hydrogen-bond donors (Lipinski definition) is 2. The van der Waals surface area contributed by atoms with Crippen LogP contribution in [0.4, 0.5) is 0 Å². The maximum Gasteiger partial charge on any atom is 0.245 e. The van der Waals surface area contributed by atoms with Crippen LogP contribution in [0.1, 0.15) is 37.8 Å². The van der Waals surface area contributed by atoms with Crippen molar-refractivity contribution in [1.82, 2.24) is 15.5 Å². The molecule has 0 heterocycles. The van der Waals surface area contributed by atoms with Gasteiger partial charge in [0, 0.05) is 6.54 Å². The molecule has 2 unspecified atom stereocenters. The Morgan fingerprint density at radius 3 is 2.65 bits per heavy atom. The second kappa shape index (κ2) is 7.13. The molecule has 126 valence electrons. The van der Waals surface area contributed by atoms with Crippen LogP contribution < -0.4 is 10.6 Å². The first-order valence-corrected chi connectivity index (χ1v) is 8.28. The molecule has 5 nitrogen and oxygen atoms in total. The number of fused-ring (bicyclic) bond motifs is 1. The summed E-state index contributed by atoms with van der Waals surface area (Å²) in [4.78, 5) is 27.0. The minimum absolute atomic E-state index is 0.105. The van der Waals surface area contributed by atoms with Gasteiger partial charge in [0.15, 0.2) is 0 Å². The Kier molecular flexibility index (Phi) is 5.42. The van der Waals surface area contributed by atoms with Crippen molar-refractivity contribution in [3.05, 3.63) is 35.4 Å². The molecule has 0 saturated heterocycles. The maximum absolute atomic E-state index is 13.0. The molecule has 0 radical (unpaired) electrons. The number of likely N-dealkylation sites (N-methyl/N-ethyl adjacent to an activating group) is 1. The topological polar surface area (TPSA) is 61.4 Å². The Labute approximate surface area is 138 Å². The van der Waals surface area contributed by atoms with Crippen LogP contribution in [0.2, 0.25) is 0 Å². The number of amides is 2. The molecule has 23 heavy (non-hydrogen) atoms. The molecular weight excluding hydrogens is 290 g/mol. The van der Waals surface area contributed by atoms with Crippen molar-refractivity contribution in [3.63, 3.8) is 0 Å². The van der Waals surface area contributed by atoms with Gasteiger partial charge in [-0.25, -0.2) is 0 Å². The fourth-order valence-corrected chi connectivity index (χ4v) is 3.28. The first kappa shape index (κ1) is 17.5. The van der Waals surface area contributed by atoms with Gasteiger partial charge in [0.05, 0.1) is 0 Å².